The number of primary amides is 1. The summed E-state index contributed by atoms with van der Waals surface area (Å²) in [5.74, 6) is -0.210. The van der Waals surface area contributed by atoms with Crippen LogP contribution in [0, 0.1) is 0 Å². The number of rotatable bonds is 4. The van der Waals surface area contributed by atoms with E-state index in [4.69, 9.17) is 5.73 Å². The Kier molecular flexibility index (Phi) is 3.26. The quantitative estimate of drug-likeness (QED) is 0.692. The molecule has 86 valence electrons. The van der Waals surface area contributed by atoms with Crippen LogP contribution in [0.25, 0.3) is 0 Å². The smallest absolute Gasteiger partial charge is 0.218 e. The molecule has 0 aromatic rings. The maximum absolute atomic E-state index is 10.6. The van der Waals surface area contributed by atoms with E-state index >= 15 is 0 Å². The summed E-state index contributed by atoms with van der Waals surface area (Å²) in [6.07, 6.45) is 5.60. The molecule has 2 fully saturated rings. The first kappa shape index (κ1) is 10.9. The van der Waals surface area contributed by atoms with Crippen LogP contribution in [-0.4, -0.2) is 42.5 Å². The van der Waals surface area contributed by atoms with Crippen molar-refractivity contribution in [3.05, 3.63) is 0 Å². The molecule has 3 N–H and O–H groups in total. The summed E-state index contributed by atoms with van der Waals surface area (Å²) in [5, 5.41) is 3.45. The third-order valence-electron chi connectivity index (χ3n) is 3.90. The SMILES string of the molecule is CN1C2CCC1CC(NCCC(N)=O)C2. The number of nitrogens with zero attached hydrogens (tertiary/aromatic N) is 1. The van der Waals surface area contributed by atoms with Crippen molar-refractivity contribution in [3.8, 4) is 0 Å². The zero-order valence-corrected chi connectivity index (χ0v) is 9.41. The lowest BCUT2D eigenvalue weighted by molar-refractivity contribution is -0.117. The van der Waals surface area contributed by atoms with Crippen molar-refractivity contribution in [2.75, 3.05) is 13.6 Å². The molecule has 2 heterocycles. The van der Waals surface area contributed by atoms with E-state index in [1.807, 2.05) is 0 Å². The number of nitrogens with one attached hydrogen (secondary N) is 1. The molecule has 4 heteroatoms. The van der Waals surface area contributed by atoms with Crippen molar-refractivity contribution in [1.29, 1.82) is 0 Å². The van der Waals surface area contributed by atoms with Gasteiger partial charge in [-0.1, -0.05) is 0 Å². The van der Waals surface area contributed by atoms with Crippen LogP contribution in [-0.2, 0) is 4.79 Å². The Hall–Kier alpha value is -0.610. The molecule has 4 nitrogen and oxygen atoms in total. The van der Waals surface area contributed by atoms with E-state index in [9.17, 15) is 4.79 Å². The zero-order chi connectivity index (χ0) is 10.8. The first-order valence-corrected chi connectivity index (χ1v) is 5.90. The minimum absolute atomic E-state index is 0.210. The average molecular weight is 211 g/mol. The van der Waals surface area contributed by atoms with Crippen LogP contribution < -0.4 is 11.1 Å². The molecule has 0 radical (unpaired) electrons. The molecule has 0 aromatic carbocycles. The van der Waals surface area contributed by atoms with Crippen LogP contribution in [0.3, 0.4) is 0 Å². The van der Waals surface area contributed by atoms with Gasteiger partial charge in [-0.2, -0.15) is 0 Å². The van der Waals surface area contributed by atoms with E-state index in [1.165, 1.54) is 25.7 Å². The van der Waals surface area contributed by atoms with E-state index in [2.05, 4.69) is 17.3 Å². The molecule has 0 saturated carbocycles. The second-order valence-electron chi connectivity index (χ2n) is 4.89. The molecule has 15 heavy (non-hydrogen) atoms. The zero-order valence-electron chi connectivity index (χ0n) is 9.41. The van der Waals surface area contributed by atoms with Crippen molar-refractivity contribution in [2.24, 2.45) is 5.73 Å². The third kappa shape index (κ3) is 2.49. The Bertz CT molecular complexity index is 230. The van der Waals surface area contributed by atoms with Gasteiger partial charge in [0.1, 0.15) is 0 Å². The first-order chi connectivity index (χ1) is 7.16. The lowest BCUT2D eigenvalue weighted by Gasteiger charge is -2.36. The monoisotopic (exact) mass is 211 g/mol. The first-order valence-electron chi connectivity index (χ1n) is 5.90. The van der Waals surface area contributed by atoms with Gasteiger partial charge < -0.3 is 16.0 Å². The van der Waals surface area contributed by atoms with Crippen LogP contribution in [0.4, 0.5) is 0 Å². The lowest BCUT2D eigenvalue weighted by Crippen LogP contribution is -2.47. The topological polar surface area (TPSA) is 58.4 Å². The van der Waals surface area contributed by atoms with Gasteiger partial charge in [0.05, 0.1) is 0 Å². The van der Waals surface area contributed by atoms with E-state index in [-0.39, 0.29) is 5.91 Å². The maximum atomic E-state index is 10.6. The average Bonchev–Trinajstić information content (AvgIpc) is 2.42. The predicted molar refractivity (Wildman–Crippen MR) is 59.4 cm³/mol. The largest absolute Gasteiger partial charge is 0.370 e. The number of piperidine rings is 1. The number of carbonyl (C=O) groups is 1. The summed E-state index contributed by atoms with van der Waals surface area (Å²) in [5.41, 5.74) is 5.11. The number of nitrogens with two attached hydrogens (primary N) is 1. The highest BCUT2D eigenvalue weighted by Crippen LogP contribution is 2.33. The Morgan fingerprint density at radius 2 is 2.00 bits per heavy atom. The van der Waals surface area contributed by atoms with Gasteiger partial charge in [0.25, 0.3) is 0 Å². The molecule has 0 aliphatic carbocycles. The van der Waals surface area contributed by atoms with Gasteiger partial charge in [-0.3, -0.25) is 4.79 Å². The molecule has 0 aromatic heterocycles. The molecule has 2 atom stereocenters. The summed E-state index contributed by atoms with van der Waals surface area (Å²) < 4.78 is 0. The summed E-state index contributed by atoms with van der Waals surface area (Å²) in [6.45, 7) is 0.739. The molecule has 2 aliphatic rings. The Morgan fingerprint density at radius 1 is 1.40 bits per heavy atom. The molecule has 2 bridgehead atoms. The Labute approximate surface area is 91.2 Å². The fourth-order valence-corrected chi connectivity index (χ4v) is 2.98. The summed E-state index contributed by atoms with van der Waals surface area (Å²) >= 11 is 0. The molecular formula is C11H21N3O. The van der Waals surface area contributed by atoms with Crippen molar-refractivity contribution < 1.29 is 4.79 Å². The number of hydrogen-bond acceptors (Lipinski definition) is 3. The minimum Gasteiger partial charge on any atom is -0.370 e. The highest BCUT2D eigenvalue weighted by atomic mass is 16.1. The number of hydrogen-bond donors (Lipinski definition) is 2. The summed E-state index contributed by atoms with van der Waals surface area (Å²) in [7, 11) is 2.24. The summed E-state index contributed by atoms with van der Waals surface area (Å²) in [4.78, 5) is 13.1. The molecular weight excluding hydrogens is 190 g/mol. The van der Waals surface area contributed by atoms with Gasteiger partial charge in [0.2, 0.25) is 5.91 Å². The number of amides is 1. The van der Waals surface area contributed by atoms with Crippen LogP contribution in [0.2, 0.25) is 0 Å². The second kappa shape index (κ2) is 4.49. The second-order valence-corrected chi connectivity index (χ2v) is 4.89. The van der Waals surface area contributed by atoms with Crippen LogP contribution >= 0.6 is 0 Å². The normalized spacial score (nSPS) is 35.7. The fourth-order valence-electron chi connectivity index (χ4n) is 2.98. The van der Waals surface area contributed by atoms with Crippen LogP contribution in [0.1, 0.15) is 32.1 Å². The predicted octanol–water partition coefficient (Wildman–Crippen LogP) is 0.0766. The maximum Gasteiger partial charge on any atom is 0.218 e. The van der Waals surface area contributed by atoms with Gasteiger partial charge in [0, 0.05) is 31.1 Å². The van der Waals surface area contributed by atoms with Crippen LogP contribution in [0.15, 0.2) is 0 Å². The molecule has 2 aliphatic heterocycles. The van der Waals surface area contributed by atoms with Crippen molar-refractivity contribution >= 4 is 5.91 Å². The van der Waals surface area contributed by atoms with Gasteiger partial charge in [-0.15, -0.1) is 0 Å². The minimum atomic E-state index is -0.210. The van der Waals surface area contributed by atoms with Gasteiger partial charge in [-0.05, 0) is 32.7 Å². The number of carbonyl (C=O) groups excluding carboxylic acids is 1. The van der Waals surface area contributed by atoms with Crippen LogP contribution in [0.5, 0.6) is 0 Å². The summed E-state index contributed by atoms with van der Waals surface area (Å²) in [6, 6.07) is 2.11. The van der Waals surface area contributed by atoms with Crippen molar-refractivity contribution in [2.45, 2.75) is 50.2 Å². The molecule has 0 spiro atoms. The van der Waals surface area contributed by atoms with E-state index in [0.717, 1.165) is 18.6 Å². The van der Waals surface area contributed by atoms with E-state index < -0.39 is 0 Å². The van der Waals surface area contributed by atoms with Crippen molar-refractivity contribution in [1.82, 2.24) is 10.2 Å². The molecule has 2 unspecified atom stereocenters. The van der Waals surface area contributed by atoms with Crippen molar-refractivity contribution in [3.63, 3.8) is 0 Å². The highest BCUT2D eigenvalue weighted by Gasteiger charge is 2.37. The Morgan fingerprint density at radius 3 is 2.53 bits per heavy atom. The standard InChI is InChI=1S/C11H21N3O/c1-14-9-2-3-10(14)7-8(6-9)13-5-4-11(12)15/h8-10,13H,2-7H2,1H3,(H2,12,15). The number of fused-ring (bicyclic) bond motifs is 2. The van der Waals surface area contributed by atoms with Gasteiger partial charge in [-0.25, -0.2) is 0 Å². The highest BCUT2D eigenvalue weighted by molar-refractivity contribution is 5.73. The molecule has 1 amide bonds. The lowest BCUT2D eigenvalue weighted by atomic mass is 9.98. The fraction of sp³-hybridized carbons (Fsp3) is 0.909. The third-order valence-corrected chi connectivity index (χ3v) is 3.90. The molecule has 2 saturated heterocycles. The van der Waals surface area contributed by atoms with E-state index in [0.29, 0.717) is 12.5 Å². The van der Waals surface area contributed by atoms with E-state index in [1.54, 1.807) is 0 Å². The molecule has 2 rings (SSSR count). The van der Waals surface area contributed by atoms with Gasteiger partial charge in [0.15, 0.2) is 0 Å². The van der Waals surface area contributed by atoms with Gasteiger partial charge >= 0.3 is 0 Å². The Balaban J connectivity index is 1.74.